The molecule has 224 valence electrons. The van der Waals surface area contributed by atoms with Crippen LogP contribution >= 0.6 is 0 Å². The number of amides is 1. The van der Waals surface area contributed by atoms with Gasteiger partial charge in [0.1, 0.15) is 5.60 Å². The number of hydrogen-bond donors (Lipinski definition) is 2. The van der Waals surface area contributed by atoms with Crippen molar-refractivity contribution < 1.29 is 19.4 Å². The zero-order chi connectivity index (χ0) is 28.8. The molecule has 3 heterocycles. The van der Waals surface area contributed by atoms with Crippen molar-refractivity contribution in [2.24, 2.45) is 5.92 Å². The number of piperazine rings is 1. The molecule has 0 radical (unpaired) electrons. The first kappa shape index (κ1) is 29.1. The van der Waals surface area contributed by atoms with E-state index in [2.05, 4.69) is 22.0 Å². The maximum atomic E-state index is 14.3. The summed E-state index contributed by atoms with van der Waals surface area (Å²) in [5, 5.41) is 15.6. The van der Waals surface area contributed by atoms with Gasteiger partial charge in [0.05, 0.1) is 24.7 Å². The second kappa shape index (κ2) is 13.5. The van der Waals surface area contributed by atoms with Crippen molar-refractivity contribution in [3.8, 4) is 11.3 Å². The van der Waals surface area contributed by atoms with Gasteiger partial charge in [0.15, 0.2) is 5.69 Å². The molecule has 3 atom stereocenters. The summed E-state index contributed by atoms with van der Waals surface area (Å²) < 4.78 is 13.8. The number of aromatic nitrogens is 2. The standard InChI is InChI=1S/C34H44N4O4/c39-33(37-18-17-35-22-29(37)21-26-9-3-1-4-10-26)31-32(28-11-5-2-6-12-28)38(25-36-31)30-13-7-8-16-34(30,40)24-42-23-27-14-19-41-20-15-27/h1-6,9-12,25,27,29-30,35,40H,7-8,13-24H2/t29-,30?,34?/m1/s1. The van der Waals surface area contributed by atoms with Crippen molar-refractivity contribution in [1.82, 2.24) is 19.8 Å². The van der Waals surface area contributed by atoms with E-state index in [0.29, 0.717) is 31.2 Å². The Labute approximate surface area is 249 Å². The molecule has 2 N–H and O–H groups in total. The third kappa shape index (κ3) is 6.47. The minimum absolute atomic E-state index is 0.0348. The van der Waals surface area contributed by atoms with Crippen molar-refractivity contribution in [1.29, 1.82) is 0 Å². The van der Waals surface area contributed by atoms with Gasteiger partial charge in [-0.3, -0.25) is 4.79 Å². The predicted octanol–water partition coefficient (Wildman–Crippen LogP) is 4.50. The first-order valence-electron chi connectivity index (χ1n) is 15.7. The highest BCUT2D eigenvalue weighted by Gasteiger charge is 2.43. The SMILES string of the molecule is O=C(c1ncn(C2CCCCC2(O)COCC2CCOCC2)c1-c1ccccc1)N1CCNC[C@H]1Cc1ccccc1. The van der Waals surface area contributed by atoms with Crippen LogP contribution < -0.4 is 5.32 Å². The van der Waals surface area contributed by atoms with Crippen LogP contribution in [0.15, 0.2) is 67.0 Å². The number of nitrogens with zero attached hydrogens (tertiary/aromatic N) is 3. The molecule has 3 fully saturated rings. The van der Waals surface area contributed by atoms with Crippen LogP contribution in [0.1, 0.15) is 60.6 Å². The Morgan fingerprint density at radius 1 is 1.05 bits per heavy atom. The number of hydrogen-bond acceptors (Lipinski definition) is 6. The van der Waals surface area contributed by atoms with Crippen molar-refractivity contribution in [2.75, 3.05) is 46.1 Å². The summed E-state index contributed by atoms with van der Waals surface area (Å²) in [6.45, 7) is 4.62. The summed E-state index contributed by atoms with van der Waals surface area (Å²) in [7, 11) is 0. The quantitative estimate of drug-likeness (QED) is 0.393. The fraction of sp³-hybridized carbons (Fsp3) is 0.529. The number of aliphatic hydroxyl groups is 1. The van der Waals surface area contributed by atoms with Gasteiger partial charge in [0.2, 0.25) is 0 Å². The number of nitrogens with one attached hydrogen (secondary N) is 1. The predicted molar refractivity (Wildman–Crippen MR) is 162 cm³/mol. The van der Waals surface area contributed by atoms with E-state index in [-0.39, 0.29) is 24.6 Å². The second-order valence-electron chi connectivity index (χ2n) is 12.2. The van der Waals surface area contributed by atoms with Crippen molar-refractivity contribution in [3.63, 3.8) is 0 Å². The van der Waals surface area contributed by atoms with Gasteiger partial charge in [0, 0.05) is 51.1 Å². The average molecular weight is 573 g/mol. The maximum Gasteiger partial charge on any atom is 0.275 e. The Morgan fingerprint density at radius 3 is 2.60 bits per heavy atom. The van der Waals surface area contributed by atoms with Gasteiger partial charge in [0.25, 0.3) is 5.91 Å². The van der Waals surface area contributed by atoms with Crippen LogP contribution in [-0.4, -0.2) is 83.2 Å². The Bertz CT molecular complexity index is 1290. The number of carbonyl (C=O) groups is 1. The molecule has 1 saturated carbocycles. The van der Waals surface area contributed by atoms with Gasteiger partial charge in [-0.2, -0.15) is 0 Å². The monoisotopic (exact) mass is 572 g/mol. The molecule has 8 nitrogen and oxygen atoms in total. The van der Waals surface area contributed by atoms with Gasteiger partial charge < -0.3 is 29.4 Å². The minimum atomic E-state index is -1.03. The highest BCUT2D eigenvalue weighted by Crippen LogP contribution is 2.41. The summed E-state index contributed by atoms with van der Waals surface area (Å²) >= 11 is 0. The molecule has 2 unspecified atom stereocenters. The summed E-state index contributed by atoms with van der Waals surface area (Å²) in [6.07, 6.45) is 8.02. The van der Waals surface area contributed by atoms with Gasteiger partial charge in [-0.15, -0.1) is 0 Å². The molecule has 8 heteroatoms. The molecule has 1 aliphatic carbocycles. The summed E-state index contributed by atoms with van der Waals surface area (Å²) in [5.41, 5.74) is 2.36. The van der Waals surface area contributed by atoms with Crippen molar-refractivity contribution in [2.45, 2.75) is 62.6 Å². The van der Waals surface area contributed by atoms with E-state index < -0.39 is 5.60 Å². The number of imidazole rings is 1. The van der Waals surface area contributed by atoms with Crippen molar-refractivity contribution >= 4 is 5.91 Å². The lowest BCUT2D eigenvalue weighted by Crippen LogP contribution is -2.54. The lowest BCUT2D eigenvalue weighted by Gasteiger charge is -2.41. The lowest BCUT2D eigenvalue weighted by atomic mass is 9.80. The normalized spacial score (nSPS) is 25.4. The van der Waals surface area contributed by atoms with E-state index in [4.69, 9.17) is 14.5 Å². The number of benzene rings is 2. The van der Waals surface area contributed by atoms with E-state index in [9.17, 15) is 9.90 Å². The average Bonchev–Trinajstić information content (AvgIpc) is 3.47. The Morgan fingerprint density at radius 2 is 1.81 bits per heavy atom. The third-order valence-corrected chi connectivity index (χ3v) is 9.31. The fourth-order valence-corrected chi connectivity index (χ4v) is 6.95. The molecular formula is C34H44N4O4. The van der Waals surface area contributed by atoms with Gasteiger partial charge in [-0.1, -0.05) is 73.5 Å². The summed E-state index contributed by atoms with van der Waals surface area (Å²) in [5.74, 6) is 0.426. The molecule has 0 bridgehead atoms. The Balaban J connectivity index is 1.29. The van der Waals surface area contributed by atoms with Crippen LogP contribution in [0.25, 0.3) is 11.3 Å². The first-order chi connectivity index (χ1) is 20.6. The smallest absolute Gasteiger partial charge is 0.275 e. The van der Waals surface area contributed by atoms with Gasteiger partial charge in [-0.25, -0.2) is 4.98 Å². The number of rotatable bonds is 9. The van der Waals surface area contributed by atoms with Crippen LogP contribution in [0, 0.1) is 5.92 Å². The molecule has 0 spiro atoms. The van der Waals surface area contributed by atoms with Gasteiger partial charge in [-0.05, 0) is 43.6 Å². The van der Waals surface area contributed by atoms with Gasteiger partial charge >= 0.3 is 0 Å². The summed E-state index contributed by atoms with van der Waals surface area (Å²) in [4.78, 5) is 21.1. The van der Waals surface area contributed by atoms with Crippen LogP contribution in [0.5, 0.6) is 0 Å². The zero-order valence-corrected chi connectivity index (χ0v) is 24.5. The molecule has 3 aromatic rings. The Kier molecular flexibility index (Phi) is 9.34. The molecule has 1 aromatic heterocycles. The molecule has 3 aliphatic rings. The van der Waals surface area contributed by atoms with Crippen molar-refractivity contribution in [3.05, 3.63) is 78.2 Å². The van der Waals surface area contributed by atoms with E-state index in [1.54, 1.807) is 6.33 Å². The minimum Gasteiger partial charge on any atom is -0.385 e. The Hall–Kier alpha value is -3.04. The topological polar surface area (TPSA) is 88.9 Å². The van der Waals surface area contributed by atoms with E-state index in [0.717, 1.165) is 76.1 Å². The third-order valence-electron chi connectivity index (χ3n) is 9.31. The summed E-state index contributed by atoms with van der Waals surface area (Å²) in [6, 6.07) is 20.2. The number of ether oxygens (including phenoxy) is 2. The highest BCUT2D eigenvalue weighted by molar-refractivity contribution is 5.98. The maximum absolute atomic E-state index is 14.3. The second-order valence-corrected chi connectivity index (χ2v) is 12.2. The van der Waals surface area contributed by atoms with Crippen LogP contribution in [0.4, 0.5) is 0 Å². The molecule has 1 amide bonds. The first-order valence-corrected chi connectivity index (χ1v) is 15.7. The van der Waals surface area contributed by atoms with Crippen LogP contribution in [-0.2, 0) is 15.9 Å². The van der Waals surface area contributed by atoms with E-state index in [1.807, 2.05) is 53.4 Å². The largest absolute Gasteiger partial charge is 0.385 e. The molecule has 2 aromatic carbocycles. The zero-order valence-electron chi connectivity index (χ0n) is 24.5. The van der Waals surface area contributed by atoms with Crippen LogP contribution in [0.3, 0.4) is 0 Å². The fourth-order valence-electron chi connectivity index (χ4n) is 6.95. The molecule has 2 saturated heterocycles. The van der Waals surface area contributed by atoms with E-state index >= 15 is 0 Å². The van der Waals surface area contributed by atoms with Crippen LogP contribution in [0.2, 0.25) is 0 Å². The highest BCUT2D eigenvalue weighted by atomic mass is 16.5. The molecular weight excluding hydrogens is 528 g/mol. The number of carbonyl (C=O) groups excluding carboxylic acids is 1. The van der Waals surface area contributed by atoms with E-state index in [1.165, 1.54) is 5.56 Å². The lowest BCUT2D eigenvalue weighted by molar-refractivity contribution is -0.108. The molecule has 2 aliphatic heterocycles. The molecule has 42 heavy (non-hydrogen) atoms. The molecule has 6 rings (SSSR count).